The molecule has 192 valence electrons. The molecule has 1 heterocycles. The van der Waals surface area contributed by atoms with E-state index in [1.807, 2.05) is 60.7 Å². The van der Waals surface area contributed by atoms with Gasteiger partial charge in [-0.15, -0.1) is 0 Å². The van der Waals surface area contributed by atoms with Crippen molar-refractivity contribution in [2.75, 3.05) is 6.61 Å². The molecule has 0 spiro atoms. The maximum absolute atomic E-state index is 13.4. The van der Waals surface area contributed by atoms with Gasteiger partial charge in [-0.25, -0.2) is 0 Å². The number of unbranched alkanes of at least 4 members (excludes halogenated alkanes) is 1. The van der Waals surface area contributed by atoms with Crippen molar-refractivity contribution in [3.63, 3.8) is 0 Å². The van der Waals surface area contributed by atoms with Gasteiger partial charge >= 0.3 is 0 Å². The Morgan fingerprint density at radius 2 is 1.65 bits per heavy atom. The van der Waals surface area contributed by atoms with Crippen LogP contribution in [-0.4, -0.2) is 28.3 Å². The summed E-state index contributed by atoms with van der Waals surface area (Å²) in [5.74, 6) is -0.886. The van der Waals surface area contributed by atoms with Gasteiger partial charge in [0.1, 0.15) is 11.5 Å². The molecule has 37 heavy (non-hydrogen) atoms. The van der Waals surface area contributed by atoms with Crippen LogP contribution in [-0.2, 0) is 21.5 Å². The van der Waals surface area contributed by atoms with Crippen molar-refractivity contribution in [3.8, 4) is 5.75 Å². The van der Waals surface area contributed by atoms with Crippen molar-refractivity contribution in [1.29, 1.82) is 0 Å². The van der Waals surface area contributed by atoms with E-state index in [1.54, 1.807) is 23.1 Å². The molecular weight excluding hydrogens is 462 g/mol. The van der Waals surface area contributed by atoms with Crippen LogP contribution in [0.25, 0.3) is 5.76 Å². The second kappa shape index (κ2) is 11.0. The smallest absolute Gasteiger partial charge is 0.295 e. The molecule has 0 bridgehead atoms. The lowest BCUT2D eigenvalue weighted by Gasteiger charge is -2.26. The number of rotatable bonds is 8. The minimum absolute atomic E-state index is 0.0391. The van der Waals surface area contributed by atoms with Crippen molar-refractivity contribution >= 4 is 17.4 Å². The van der Waals surface area contributed by atoms with E-state index in [2.05, 4.69) is 27.7 Å². The molecule has 1 atom stereocenters. The summed E-state index contributed by atoms with van der Waals surface area (Å²) in [6.07, 6.45) is 1.93. The number of aliphatic hydroxyl groups excluding tert-OH is 1. The van der Waals surface area contributed by atoms with E-state index < -0.39 is 17.7 Å². The van der Waals surface area contributed by atoms with E-state index in [9.17, 15) is 14.7 Å². The van der Waals surface area contributed by atoms with Crippen LogP contribution in [0.2, 0.25) is 0 Å². The molecule has 3 aromatic rings. The summed E-state index contributed by atoms with van der Waals surface area (Å²) < 4.78 is 5.81. The van der Waals surface area contributed by atoms with Gasteiger partial charge in [0.2, 0.25) is 0 Å². The number of hydrogen-bond acceptors (Lipinski definition) is 4. The number of amides is 1. The van der Waals surface area contributed by atoms with Crippen LogP contribution in [0.4, 0.5) is 0 Å². The number of nitrogens with zero attached hydrogens (tertiary/aromatic N) is 1. The van der Waals surface area contributed by atoms with Gasteiger partial charge in [-0.3, -0.25) is 9.59 Å². The number of aliphatic hydroxyl groups is 1. The maximum Gasteiger partial charge on any atom is 0.295 e. The average molecular weight is 498 g/mol. The summed E-state index contributed by atoms with van der Waals surface area (Å²) in [6, 6.07) is 23.9. The lowest BCUT2D eigenvalue weighted by Crippen LogP contribution is -2.29. The third-order valence-corrected chi connectivity index (χ3v) is 6.70. The molecule has 0 radical (unpaired) electrons. The Morgan fingerprint density at radius 3 is 2.30 bits per heavy atom. The fourth-order valence-electron chi connectivity index (χ4n) is 4.56. The first-order valence-corrected chi connectivity index (χ1v) is 12.9. The predicted molar refractivity (Wildman–Crippen MR) is 146 cm³/mol. The van der Waals surface area contributed by atoms with Gasteiger partial charge < -0.3 is 14.7 Å². The molecule has 1 amide bonds. The Morgan fingerprint density at radius 1 is 0.946 bits per heavy atom. The highest BCUT2D eigenvalue weighted by Gasteiger charge is 2.46. The summed E-state index contributed by atoms with van der Waals surface area (Å²) >= 11 is 0. The number of hydrogen-bond donors (Lipinski definition) is 1. The van der Waals surface area contributed by atoms with Crippen LogP contribution in [0.5, 0.6) is 5.75 Å². The minimum atomic E-state index is -0.709. The van der Waals surface area contributed by atoms with E-state index in [1.165, 1.54) is 0 Å². The van der Waals surface area contributed by atoms with Crippen molar-refractivity contribution in [1.82, 2.24) is 4.90 Å². The Balaban J connectivity index is 1.80. The van der Waals surface area contributed by atoms with E-state index >= 15 is 0 Å². The number of ether oxygens (including phenoxy) is 1. The van der Waals surface area contributed by atoms with Crippen LogP contribution in [0.15, 0.2) is 84.4 Å². The molecule has 4 rings (SSSR count). The van der Waals surface area contributed by atoms with Gasteiger partial charge in [0, 0.05) is 12.1 Å². The highest BCUT2D eigenvalue weighted by molar-refractivity contribution is 6.46. The van der Waals surface area contributed by atoms with Gasteiger partial charge in [0.05, 0.1) is 18.2 Å². The van der Waals surface area contributed by atoms with E-state index in [-0.39, 0.29) is 23.3 Å². The van der Waals surface area contributed by atoms with Gasteiger partial charge in [-0.05, 0) is 40.7 Å². The van der Waals surface area contributed by atoms with Crippen molar-refractivity contribution in [2.45, 2.75) is 58.5 Å². The average Bonchev–Trinajstić information content (AvgIpc) is 3.14. The summed E-state index contributed by atoms with van der Waals surface area (Å²) in [7, 11) is 0. The zero-order chi connectivity index (χ0) is 26.6. The second-order valence-corrected chi connectivity index (χ2v) is 10.5. The third kappa shape index (κ3) is 5.77. The fraction of sp³-hybridized carbons (Fsp3) is 0.312. The molecule has 3 aromatic carbocycles. The quantitative estimate of drug-likeness (QED) is 0.161. The number of ketones is 1. The lowest BCUT2D eigenvalue weighted by molar-refractivity contribution is -0.140. The standard InChI is InChI=1S/C32H35NO4/c1-5-6-19-37-26-14-10-13-24(20-26)29(34)27-28(23-15-17-25(18-16-23)32(2,3)4)33(31(36)30(27)35)21-22-11-8-7-9-12-22/h7-18,20,28,34H,5-6,19,21H2,1-4H3. The van der Waals surface area contributed by atoms with Crippen LogP contribution >= 0.6 is 0 Å². The van der Waals surface area contributed by atoms with Crippen molar-refractivity contribution < 1.29 is 19.4 Å². The molecule has 5 nitrogen and oxygen atoms in total. The summed E-state index contributed by atoms with van der Waals surface area (Å²) in [5.41, 5.74) is 3.33. The molecule has 0 aromatic heterocycles. The Bertz CT molecular complexity index is 1290. The molecular formula is C32H35NO4. The molecule has 0 aliphatic carbocycles. The highest BCUT2D eigenvalue weighted by atomic mass is 16.5. The van der Waals surface area contributed by atoms with E-state index in [4.69, 9.17) is 4.74 Å². The Labute approximate surface area is 219 Å². The van der Waals surface area contributed by atoms with Gasteiger partial charge in [0.15, 0.2) is 0 Å². The molecule has 0 saturated carbocycles. The van der Waals surface area contributed by atoms with Crippen LogP contribution < -0.4 is 4.74 Å². The number of likely N-dealkylation sites (tertiary alicyclic amines) is 1. The zero-order valence-corrected chi connectivity index (χ0v) is 22.0. The van der Waals surface area contributed by atoms with E-state index in [0.29, 0.717) is 17.9 Å². The topological polar surface area (TPSA) is 66.8 Å². The van der Waals surface area contributed by atoms with Crippen molar-refractivity contribution in [2.24, 2.45) is 0 Å². The first-order valence-electron chi connectivity index (χ1n) is 12.9. The minimum Gasteiger partial charge on any atom is -0.507 e. The van der Waals surface area contributed by atoms with Gasteiger partial charge in [-0.2, -0.15) is 0 Å². The molecule has 1 aliphatic heterocycles. The first-order chi connectivity index (χ1) is 17.7. The third-order valence-electron chi connectivity index (χ3n) is 6.70. The highest BCUT2D eigenvalue weighted by Crippen LogP contribution is 2.41. The molecule has 1 saturated heterocycles. The number of carbonyl (C=O) groups is 2. The van der Waals surface area contributed by atoms with Gasteiger partial charge in [-0.1, -0.05) is 101 Å². The van der Waals surface area contributed by atoms with Crippen molar-refractivity contribution in [3.05, 3.63) is 107 Å². The summed E-state index contributed by atoms with van der Waals surface area (Å²) in [5, 5.41) is 11.4. The normalized spacial score (nSPS) is 17.3. The maximum atomic E-state index is 13.4. The molecule has 1 aliphatic rings. The van der Waals surface area contributed by atoms with Crippen LogP contribution in [0.3, 0.4) is 0 Å². The largest absolute Gasteiger partial charge is 0.507 e. The number of Topliss-reactive ketones (excluding diaryl/α,β-unsaturated/α-hetero) is 1. The number of carbonyl (C=O) groups excluding carboxylic acids is 2. The monoisotopic (exact) mass is 497 g/mol. The number of benzene rings is 3. The molecule has 1 N–H and O–H groups in total. The van der Waals surface area contributed by atoms with Gasteiger partial charge in [0.25, 0.3) is 11.7 Å². The molecule has 1 unspecified atom stereocenters. The first kappa shape index (κ1) is 26.2. The Kier molecular flexibility index (Phi) is 7.82. The summed E-state index contributed by atoms with van der Waals surface area (Å²) in [6.45, 7) is 9.33. The molecule has 1 fully saturated rings. The predicted octanol–water partition coefficient (Wildman–Crippen LogP) is 6.78. The lowest BCUT2D eigenvalue weighted by atomic mass is 9.85. The second-order valence-electron chi connectivity index (χ2n) is 10.5. The van der Waals surface area contributed by atoms with Crippen LogP contribution in [0.1, 0.15) is 68.8 Å². The SMILES string of the molecule is CCCCOc1cccc(C(O)=C2C(=O)C(=O)N(Cc3ccccc3)C2c2ccc(C(C)(C)C)cc2)c1. The molecule has 5 heteroatoms. The van der Waals surface area contributed by atoms with Crippen LogP contribution in [0, 0.1) is 0 Å². The fourth-order valence-corrected chi connectivity index (χ4v) is 4.56. The summed E-state index contributed by atoms with van der Waals surface area (Å²) in [4.78, 5) is 28.3. The Hall–Kier alpha value is -3.86. The van der Waals surface area contributed by atoms with E-state index in [0.717, 1.165) is 29.5 Å². The zero-order valence-electron chi connectivity index (χ0n) is 22.0.